The highest BCUT2D eigenvalue weighted by atomic mass is 16.5. The number of hydrogen-bond donors (Lipinski definition) is 0. The highest BCUT2D eigenvalue weighted by Gasteiger charge is 2.18. The molecule has 26 heavy (non-hydrogen) atoms. The molecule has 0 amide bonds. The summed E-state index contributed by atoms with van der Waals surface area (Å²) in [7, 11) is 3.21. The number of esters is 1. The summed E-state index contributed by atoms with van der Waals surface area (Å²) in [5, 5.41) is 0. The Hall–Kier alpha value is -2.63. The lowest BCUT2D eigenvalue weighted by molar-refractivity contribution is 0.0593. The van der Waals surface area contributed by atoms with Crippen LogP contribution in [0, 0.1) is 6.92 Å². The smallest absolute Gasteiger partial charge is 0.356 e. The first-order valence-corrected chi connectivity index (χ1v) is 8.60. The second-order valence-corrected chi connectivity index (χ2v) is 7.20. The average Bonchev–Trinajstić information content (AvgIpc) is 2.60. The molecule has 0 aliphatic carbocycles. The van der Waals surface area contributed by atoms with Crippen molar-refractivity contribution in [3.63, 3.8) is 0 Å². The van der Waals surface area contributed by atoms with E-state index < -0.39 is 5.97 Å². The lowest BCUT2D eigenvalue weighted by Gasteiger charge is -2.23. The van der Waals surface area contributed by atoms with Crippen LogP contribution in [0.4, 0.5) is 5.95 Å². The molecule has 1 heterocycles. The van der Waals surface area contributed by atoms with Crippen LogP contribution < -0.4 is 9.64 Å². The zero-order valence-corrected chi connectivity index (χ0v) is 16.4. The van der Waals surface area contributed by atoms with E-state index in [0.29, 0.717) is 24.8 Å². The molecule has 0 N–H and O–H groups in total. The largest absolute Gasteiger partial charge is 0.491 e. The standard InChI is InChI=1S/C20H27N3O3/c1-14-13-16(18(24)25-6)22-19(21-14)23(5)11-12-26-17-10-8-7-9-15(17)20(2,3)4/h7-10,13H,11-12H2,1-6H3. The van der Waals surface area contributed by atoms with E-state index in [4.69, 9.17) is 9.47 Å². The summed E-state index contributed by atoms with van der Waals surface area (Å²) in [6.45, 7) is 9.38. The highest BCUT2D eigenvalue weighted by Crippen LogP contribution is 2.30. The van der Waals surface area contributed by atoms with Crippen molar-refractivity contribution in [3.05, 3.63) is 47.3 Å². The Balaban J connectivity index is 2.05. The molecule has 140 valence electrons. The summed E-state index contributed by atoms with van der Waals surface area (Å²) >= 11 is 0. The number of ether oxygens (including phenoxy) is 2. The number of carbonyl (C=O) groups excluding carboxylic acids is 1. The molecule has 0 saturated carbocycles. The van der Waals surface area contributed by atoms with E-state index in [1.165, 1.54) is 12.7 Å². The molecule has 0 spiro atoms. The van der Waals surface area contributed by atoms with Crippen molar-refractivity contribution in [2.45, 2.75) is 33.1 Å². The number of benzene rings is 1. The van der Waals surface area contributed by atoms with Crippen LogP contribution in [0.3, 0.4) is 0 Å². The van der Waals surface area contributed by atoms with Crippen molar-refractivity contribution < 1.29 is 14.3 Å². The molecule has 1 aromatic heterocycles. The minimum atomic E-state index is -0.472. The molecule has 6 heteroatoms. The number of anilines is 1. The zero-order chi connectivity index (χ0) is 19.3. The second kappa shape index (κ2) is 8.17. The normalized spacial score (nSPS) is 11.2. The SMILES string of the molecule is COC(=O)c1cc(C)nc(N(C)CCOc2ccccc2C(C)(C)C)n1. The Morgan fingerprint density at radius 2 is 1.88 bits per heavy atom. The van der Waals surface area contributed by atoms with Crippen LogP contribution in [0.1, 0.15) is 42.5 Å². The van der Waals surface area contributed by atoms with E-state index in [9.17, 15) is 4.79 Å². The molecule has 0 aliphatic rings. The number of hydrogen-bond acceptors (Lipinski definition) is 6. The Labute approximate surface area is 155 Å². The third-order valence-electron chi connectivity index (χ3n) is 3.96. The van der Waals surface area contributed by atoms with Gasteiger partial charge in [0, 0.05) is 12.7 Å². The molecule has 0 saturated heterocycles. The number of para-hydroxylation sites is 1. The van der Waals surface area contributed by atoms with Crippen LogP contribution in [0.5, 0.6) is 5.75 Å². The van der Waals surface area contributed by atoms with Gasteiger partial charge in [-0.15, -0.1) is 0 Å². The zero-order valence-electron chi connectivity index (χ0n) is 16.4. The summed E-state index contributed by atoms with van der Waals surface area (Å²) in [5.74, 6) is 0.882. The number of rotatable bonds is 6. The number of methoxy groups -OCH3 is 1. The fourth-order valence-corrected chi connectivity index (χ4v) is 2.54. The van der Waals surface area contributed by atoms with Gasteiger partial charge in [0.05, 0.1) is 13.7 Å². The van der Waals surface area contributed by atoms with Gasteiger partial charge in [-0.3, -0.25) is 0 Å². The number of carbonyl (C=O) groups is 1. The predicted octanol–water partition coefficient (Wildman–Crippen LogP) is 3.38. The van der Waals surface area contributed by atoms with Gasteiger partial charge < -0.3 is 14.4 Å². The second-order valence-electron chi connectivity index (χ2n) is 7.20. The first-order chi connectivity index (χ1) is 12.2. The number of aryl methyl sites for hydroxylation is 1. The van der Waals surface area contributed by atoms with Gasteiger partial charge in [0.15, 0.2) is 5.69 Å². The first kappa shape index (κ1) is 19.7. The van der Waals surface area contributed by atoms with Gasteiger partial charge in [-0.1, -0.05) is 39.0 Å². The minimum Gasteiger partial charge on any atom is -0.491 e. The molecule has 6 nitrogen and oxygen atoms in total. The van der Waals surface area contributed by atoms with Gasteiger partial charge in [0.1, 0.15) is 12.4 Å². The maximum absolute atomic E-state index is 11.7. The first-order valence-electron chi connectivity index (χ1n) is 8.60. The van der Waals surface area contributed by atoms with Crippen molar-refractivity contribution in [2.24, 2.45) is 0 Å². The lowest BCUT2D eigenvalue weighted by Crippen LogP contribution is -2.27. The van der Waals surface area contributed by atoms with Gasteiger partial charge in [0.2, 0.25) is 5.95 Å². The highest BCUT2D eigenvalue weighted by molar-refractivity contribution is 5.87. The third kappa shape index (κ3) is 4.94. The minimum absolute atomic E-state index is 0.0115. The van der Waals surface area contributed by atoms with Crippen LogP contribution in [0.2, 0.25) is 0 Å². The lowest BCUT2D eigenvalue weighted by atomic mass is 9.86. The third-order valence-corrected chi connectivity index (χ3v) is 3.96. The molecular formula is C20H27N3O3. The maximum atomic E-state index is 11.7. The molecule has 0 aliphatic heterocycles. The van der Waals surface area contributed by atoms with Crippen molar-refractivity contribution in [3.8, 4) is 5.75 Å². The number of aromatic nitrogens is 2. The van der Waals surface area contributed by atoms with Crippen LogP contribution in [-0.2, 0) is 10.2 Å². The van der Waals surface area contributed by atoms with E-state index in [0.717, 1.165) is 5.75 Å². The Morgan fingerprint density at radius 3 is 2.54 bits per heavy atom. The predicted molar refractivity (Wildman–Crippen MR) is 102 cm³/mol. The van der Waals surface area contributed by atoms with Crippen molar-refractivity contribution in [1.29, 1.82) is 0 Å². The average molecular weight is 357 g/mol. The van der Waals surface area contributed by atoms with Gasteiger partial charge in [-0.25, -0.2) is 14.8 Å². The van der Waals surface area contributed by atoms with E-state index in [-0.39, 0.29) is 11.1 Å². The van der Waals surface area contributed by atoms with E-state index in [1.54, 1.807) is 6.07 Å². The van der Waals surface area contributed by atoms with Crippen molar-refractivity contribution >= 4 is 11.9 Å². The van der Waals surface area contributed by atoms with Gasteiger partial charge in [0.25, 0.3) is 0 Å². The fraction of sp³-hybridized carbons (Fsp3) is 0.450. The summed E-state index contributed by atoms with van der Waals surface area (Å²) in [6.07, 6.45) is 0. The molecule has 0 atom stereocenters. The molecule has 0 bridgehead atoms. The van der Waals surface area contributed by atoms with Crippen molar-refractivity contribution in [1.82, 2.24) is 9.97 Å². The van der Waals surface area contributed by atoms with Crippen molar-refractivity contribution in [2.75, 3.05) is 32.2 Å². The number of nitrogens with zero attached hydrogens (tertiary/aromatic N) is 3. The Bertz CT molecular complexity index is 769. The number of likely N-dealkylation sites (N-methyl/N-ethyl adjacent to an activating group) is 1. The fourth-order valence-electron chi connectivity index (χ4n) is 2.54. The molecule has 1 aromatic carbocycles. The van der Waals surface area contributed by atoms with Gasteiger partial charge in [-0.2, -0.15) is 0 Å². The van der Waals surface area contributed by atoms with Crippen LogP contribution >= 0.6 is 0 Å². The van der Waals surface area contributed by atoms with Crippen LogP contribution in [-0.4, -0.2) is 43.2 Å². The molecule has 0 unspecified atom stereocenters. The molecule has 2 rings (SSSR count). The van der Waals surface area contributed by atoms with Gasteiger partial charge in [-0.05, 0) is 30.0 Å². The summed E-state index contributed by atoms with van der Waals surface area (Å²) < 4.78 is 10.7. The van der Waals surface area contributed by atoms with Gasteiger partial charge >= 0.3 is 5.97 Å². The van der Waals surface area contributed by atoms with E-state index >= 15 is 0 Å². The summed E-state index contributed by atoms with van der Waals surface area (Å²) in [6, 6.07) is 9.68. The summed E-state index contributed by atoms with van der Waals surface area (Å²) in [5.41, 5.74) is 2.14. The Kier molecular flexibility index (Phi) is 6.18. The van der Waals surface area contributed by atoms with E-state index in [1.807, 2.05) is 37.1 Å². The summed E-state index contributed by atoms with van der Waals surface area (Å²) in [4.78, 5) is 22.2. The molecular weight excluding hydrogens is 330 g/mol. The topological polar surface area (TPSA) is 64.5 Å². The monoisotopic (exact) mass is 357 g/mol. The van der Waals surface area contributed by atoms with Crippen LogP contribution in [0.15, 0.2) is 30.3 Å². The molecule has 0 radical (unpaired) electrons. The van der Waals surface area contributed by atoms with Crippen LogP contribution in [0.25, 0.3) is 0 Å². The van der Waals surface area contributed by atoms with E-state index in [2.05, 4.69) is 36.8 Å². The maximum Gasteiger partial charge on any atom is 0.356 e. The molecule has 2 aromatic rings. The molecule has 0 fully saturated rings. The Morgan fingerprint density at radius 1 is 1.19 bits per heavy atom. The quantitative estimate of drug-likeness (QED) is 0.739.